The molecule has 1 heterocycles. The van der Waals surface area contributed by atoms with Gasteiger partial charge in [-0.05, 0) is 88.0 Å². The largest absolute Gasteiger partial charge is 0.349 e. The van der Waals surface area contributed by atoms with E-state index < -0.39 is 0 Å². The van der Waals surface area contributed by atoms with E-state index in [1.807, 2.05) is 0 Å². The maximum atomic E-state index is 5.69. The molecule has 2 aliphatic rings. The summed E-state index contributed by atoms with van der Waals surface area (Å²) >= 11 is 5.69. The van der Waals surface area contributed by atoms with E-state index in [-0.39, 0.29) is 0 Å². The van der Waals surface area contributed by atoms with Gasteiger partial charge in [-0.25, -0.2) is 0 Å². The van der Waals surface area contributed by atoms with Gasteiger partial charge < -0.3 is 15.1 Å². The first-order valence-corrected chi connectivity index (χ1v) is 10.7. The van der Waals surface area contributed by atoms with Crippen LogP contribution in [0, 0.1) is 19.8 Å². The van der Waals surface area contributed by atoms with Crippen molar-refractivity contribution >= 4 is 23.0 Å². The molecule has 0 unspecified atom stereocenters. The number of nitrogens with one attached hydrogen (secondary N) is 1. The SMILES string of the molecule is Cc1cc(C)cc(NC(=S)N2CCC(N(C)[C@@H]3CCCC[C@H]3C)CC2)c1. The third kappa shape index (κ3) is 4.77. The number of benzene rings is 1. The fourth-order valence-electron chi connectivity index (χ4n) is 4.90. The average Bonchev–Trinajstić information content (AvgIpc) is 2.61. The number of piperidine rings is 1. The van der Waals surface area contributed by atoms with Gasteiger partial charge in [0.05, 0.1) is 0 Å². The van der Waals surface area contributed by atoms with Crippen LogP contribution in [0.15, 0.2) is 18.2 Å². The first-order valence-electron chi connectivity index (χ1n) is 10.3. The highest BCUT2D eigenvalue weighted by molar-refractivity contribution is 7.80. The van der Waals surface area contributed by atoms with Gasteiger partial charge in [0.2, 0.25) is 0 Å². The number of nitrogens with zero attached hydrogens (tertiary/aromatic N) is 2. The van der Waals surface area contributed by atoms with Gasteiger partial charge in [-0.1, -0.05) is 25.8 Å². The van der Waals surface area contributed by atoms with Gasteiger partial charge in [-0.2, -0.15) is 0 Å². The minimum atomic E-state index is 0.709. The molecule has 0 aromatic heterocycles. The molecule has 1 saturated carbocycles. The van der Waals surface area contributed by atoms with E-state index in [9.17, 15) is 0 Å². The zero-order valence-electron chi connectivity index (χ0n) is 16.9. The Labute approximate surface area is 165 Å². The summed E-state index contributed by atoms with van der Waals surface area (Å²) in [5, 5.41) is 4.33. The molecule has 1 aliphatic heterocycles. The van der Waals surface area contributed by atoms with Gasteiger partial charge in [0.25, 0.3) is 0 Å². The number of hydrogen-bond donors (Lipinski definition) is 1. The van der Waals surface area contributed by atoms with E-state index >= 15 is 0 Å². The zero-order chi connectivity index (χ0) is 18.7. The second kappa shape index (κ2) is 8.71. The third-order valence-corrected chi connectivity index (χ3v) is 6.75. The lowest BCUT2D eigenvalue weighted by atomic mass is 9.84. The maximum absolute atomic E-state index is 5.69. The van der Waals surface area contributed by atoms with Crippen LogP contribution < -0.4 is 5.32 Å². The monoisotopic (exact) mass is 373 g/mol. The molecule has 2 atom stereocenters. The van der Waals surface area contributed by atoms with Gasteiger partial charge in [0.15, 0.2) is 5.11 Å². The van der Waals surface area contributed by atoms with Gasteiger partial charge in [0, 0.05) is 30.9 Å². The van der Waals surface area contributed by atoms with E-state index in [2.05, 4.69) is 61.1 Å². The Morgan fingerprint density at radius 3 is 2.27 bits per heavy atom. The first kappa shape index (κ1) is 19.6. The number of hydrogen-bond acceptors (Lipinski definition) is 2. The first-order chi connectivity index (χ1) is 12.4. The summed E-state index contributed by atoms with van der Waals surface area (Å²) in [4.78, 5) is 5.04. The highest BCUT2D eigenvalue weighted by Crippen LogP contribution is 2.30. The smallest absolute Gasteiger partial charge is 0.173 e. The summed E-state index contributed by atoms with van der Waals surface area (Å²) in [5.41, 5.74) is 3.66. The van der Waals surface area contributed by atoms with Gasteiger partial charge >= 0.3 is 0 Å². The molecular weight excluding hydrogens is 338 g/mol. The van der Waals surface area contributed by atoms with Crippen LogP contribution in [0.5, 0.6) is 0 Å². The van der Waals surface area contributed by atoms with Crippen LogP contribution in [-0.4, -0.2) is 47.1 Å². The molecule has 1 aromatic carbocycles. The Balaban J connectivity index is 1.52. The average molecular weight is 374 g/mol. The quantitative estimate of drug-likeness (QED) is 0.753. The van der Waals surface area contributed by atoms with Crippen LogP contribution in [0.1, 0.15) is 56.6 Å². The Hall–Kier alpha value is -1.13. The minimum Gasteiger partial charge on any atom is -0.349 e. The lowest BCUT2D eigenvalue weighted by Crippen LogP contribution is -2.51. The molecule has 0 amide bonds. The topological polar surface area (TPSA) is 18.5 Å². The van der Waals surface area contributed by atoms with Crippen molar-refractivity contribution in [1.82, 2.24) is 9.80 Å². The molecule has 3 rings (SSSR count). The number of likely N-dealkylation sites (tertiary alicyclic amines) is 1. The second-order valence-electron chi connectivity index (χ2n) is 8.52. The Morgan fingerprint density at radius 1 is 1.04 bits per heavy atom. The van der Waals surface area contributed by atoms with Crippen molar-refractivity contribution in [1.29, 1.82) is 0 Å². The molecule has 1 N–H and O–H groups in total. The van der Waals surface area contributed by atoms with E-state index in [4.69, 9.17) is 12.2 Å². The van der Waals surface area contributed by atoms with E-state index in [0.29, 0.717) is 6.04 Å². The third-order valence-electron chi connectivity index (χ3n) is 6.39. The fourth-order valence-corrected chi connectivity index (χ4v) is 5.20. The van der Waals surface area contributed by atoms with Crippen molar-refractivity contribution in [3.05, 3.63) is 29.3 Å². The standard InChI is InChI=1S/C22H35N3S/c1-16-13-17(2)15-19(14-16)23-22(26)25-11-9-20(10-12-25)24(4)21-8-6-5-7-18(21)3/h13-15,18,20-21H,5-12H2,1-4H3,(H,23,26)/t18-,21-/m1/s1. The van der Waals surface area contributed by atoms with Crippen LogP contribution in [0.2, 0.25) is 0 Å². The molecule has 144 valence electrons. The van der Waals surface area contributed by atoms with Gasteiger partial charge in [0.1, 0.15) is 0 Å². The summed E-state index contributed by atoms with van der Waals surface area (Å²) in [6.45, 7) is 8.83. The highest BCUT2D eigenvalue weighted by Gasteiger charge is 2.31. The molecule has 4 heteroatoms. The van der Waals surface area contributed by atoms with Crippen LogP contribution in [0.3, 0.4) is 0 Å². The molecule has 1 aromatic rings. The number of rotatable bonds is 3. The molecule has 2 fully saturated rings. The summed E-state index contributed by atoms with van der Waals surface area (Å²) in [6, 6.07) is 8.03. The van der Waals surface area contributed by atoms with Crippen LogP contribution >= 0.6 is 12.2 Å². The zero-order valence-corrected chi connectivity index (χ0v) is 17.7. The van der Waals surface area contributed by atoms with E-state index in [1.165, 1.54) is 49.7 Å². The Bertz CT molecular complexity index is 602. The predicted molar refractivity (Wildman–Crippen MR) is 116 cm³/mol. The molecule has 0 spiro atoms. The summed E-state index contributed by atoms with van der Waals surface area (Å²) in [5.74, 6) is 0.846. The summed E-state index contributed by atoms with van der Waals surface area (Å²) < 4.78 is 0. The highest BCUT2D eigenvalue weighted by atomic mass is 32.1. The Kier molecular flexibility index (Phi) is 6.57. The van der Waals surface area contributed by atoms with E-state index in [1.54, 1.807) is 0 Å². The van der Waals surface area contributed by atoms with E-state index in [0.717, 1.165) is 35.8 Å². The van der Waals surface area contributed by atoms with Crippen molar-refractivity contribution < 1.29 is 0 Å². The normalized spacial score (nSPS) is 24.7. The van der Waals surface area contributed by atoms with Crippen LogP contribution in [0.4, 0.5) is 5.69 Å². The van der Waals surface area contributed by atoms with Crippen LogP contribution in [-0.2, 0) is 0 Å². The van der Waals surface area contributed by atoms with Crippen LogP contribution in [0.25, 0.3) is 0 Å². The van der Waals surface area contributed by atoms with Crippen molar-refractivity contribution in [3.63, 3.8) is 0 Å². The lowest BCUT2D eigenvalue weighted by molar-refractivity contribution is 0.0691. The summed E-state index contributed by atoms with van der Waals surface area (Å²) in [7, 11) is 2.36. The molecule has 26 heavy (non-hydrogen) atoms. The lowest BCUT2D eigenvalue weighted by Gasteiger charge is -2.44. The summed E-state index contributed by atoms with van der Waals surface area (Å²) in [6.07, 6.45) is 8.04. The van der Waals surface area contributed by atoms with Crippen molar-refractivity contribution in [3.8, 4) is 0 Å². The molecule has 1 aliphatic carbocycles. The maximum Gasteiger partial charge on any atom is 0.173 e. The van der Waals surface area contributed by atoms with Gasteiger partial charge in [-0.3, -0.25) is 0 Å². The number of aryl methyl sites for hydroxylation is 2. The van der Waals surface area contributed by atoms with Gasteiger partial charge in [-0.15, -0.1) is 0 Å². The fraction of sp³-hybridized carbons (Fsp3) is 0.682. The number of thiocarbonyl (C=S) groups is 1. The number of anilines is 1. The molecular formula is C22H35N3S. The Morgan fingerprint density at radius 2 is 1.65 bits per heavy atom. The minimum absolute atomic E-state index is 0.709. The molecule has 3 nitrogen and oxygen atoms in total. The molecule has 1 saturated heterocycles. The van der Waals surface area contributed by atoms with Crippen molar-refractivity contribution in [2.24, 2.45) is 5.92 Å². The van der Waals surface area contributed by atoms with Crippen molar-refractivity contribution in [2.75, 3.05) is 25.5 Å². The predicted octanol–water partition coefficient (Wildman–Crippen LogP) is 4.98. The van der Waals surface area contributed by atoms with Crippen molar-refractivity contribution in [2.45, 2.75) is 71.4 Å². The second-order valence-corrected chi connectivity index (χ2v) is 8.91. The molecule has 0 bridgehead atoms. The molecule has 0 radical (unpaired) electrons.